The van der Waals surface area contributed by atoms with E-state index in [-0.39, 0.29) is 6.61 Å². The van der Waals surface area contributed by atoms with Crippen LogP contribution in [0.4, 0.5) is 0 Å². The average molecular weight is 301 g/mol. The number of hydrogen-bond acceptors (Lipinski definition) is 5. The first-order valence-corrected chi connectivity index (χ1v) is 8.00. The molecule has 0 unspecified atom stereocenters. The van der Waals surface area contributed by atoms with Gasteiger partial charge in [0.1, 0.15) is 0 Å². The zero-order chi connectivity index (χ0) is 15.4. The van der Waals surface area contributed by atoms with Crippen molar-refractivity contribution in [3.05, 3.63) is 30.1 Å². The third-order valence-corrected chi connectivity index (χ3v) is 3.87. The summed E-state index contributed by atoms with van der Waals surface area (Å²) in [6.45, 7) is 11.0. The van der Waals surface area contributed by atoms with Crippen molar-refractivity contribution in [1.82, 2.24) is 4.98 Å². The molecule has 0 aliphatic heterocycles. The highest BCUT2D eigenvalue weighted by Crippen LogP contribution is 2.55. The SMILES string of the molecule is CC(C)(C)OP(=O)(OCc1cccnc1)OC(C)(C)C. The maximum Gasteiger partial charge on any atom is 0.476 e. The Bertz CT molecular complexity index is 442. The van der Waals surface area contributed by atoms with Gasteiger partial charge in [0.2, 0.25) is 0 Å². The van der Waals surface area contributed by atoms with Crippen LogP contribution >= 0.6 is 7.82 Å². The molecule has 0 amide bonds. The van der Waals surface area contributed by atoms with Crippen molar-refractivity contribution >= 4 is 7.82 Å². The molecule has 0 aromatic carbocycles. The molecular weight excluding hydrogens is 277 g/mol. The topological polar surface area (TPSA) is 57.7 Å². The molecule has 0 N–H and O–H groups in total. The molecule has 1 aromatic heterocycles. The first kappa shape index (κ1) is 17.3. The van der Waals surface area contributed by atoms with E-state index in [4.69, 9.17) is 13.6 Å². The Balaban J connectivity index is 2.80. The van der Waals surface area contributed by atoms with Gasteiger partial charge in [-0.2, -0.15) is 0 Å². The van der Waals surface area contributed by atoms with E-state index in [0.29, 0.717) is 0 Å². The molecule has 5 nitrogen and oxygen atoms in total. The molecule has 0 saturated heterocycles. The molecule has 0 aliphatic rings. The first-order valence-electron chi connectivity index (χ1n) is 6.54. The van der Waals surface area contributed by atoms with Crippen molar-refractivity contribution in [2.75, 3.05) is 0 Å². The summed E-state index contributed by atoms with van der Waals surface area (Å²) in [6.07, 6.45) is 3.32. The van der Waals surface area contributed by atoms with Crippen LogP contribution in [-0.4, -0.2) is 16.2 Å². The van der Waals surface area contributed by atoms with Gasteiger partial charge in [-0.1, -0.05) is 6.07 Å². The van der Waals surface area contributed by atoms with Crippen molar-refractivity contribution in [2.45, 2.75) is 59.4 Å². The van der Waals surface area contributed by atoms with E-state index in [9.17, 15) is 4.57 Å². The van der Waals surface area contributed by atoms with Gasteiger partial charge in [0.25, 0.3) is 0 Å². The minimum absolute atomic E-state index is 0.122. The molecule has 0 aliphatic carbocycles. The summed E-state index contributed by atoms with van der Waals surface area (Å²) >= 11 is 0. The fraction of sp³-hybridized carbons (Fsp3) is 0.643. The van der Waals surface area contributed by atoms with E-state index < -0.39 is 19.0 Å². The molecule has 1 heterocycles. The first-order chi connectivity index (χ1) is 8.99. The van der Waals surface area contributed by atoms with Gasteiger partial charge in [0, 0.05) is 12.4 Å². The molecule has 0 radical (unpaired) electrons. The van der Waals surface area contributed by atoms with Crippen LogP contribution in [0.5, 0.6) is 0 Å². The van der Waals surface area contributed by atoms with E-state index in [2.05, 4.69) is 4.98 Å². The van der Waals surface area contributed by atoms with E-state index in [1.807, 2.05) is 6.07 Å². The van der Waals surface area contributed by atoms with Crippen LogP contribution in [-0.2, 0) is 24.7 Å². The van der Waals surface area contributed by atoms with Crippen LogP contribution in [0.2, 0.25) is 0 Å². The molecular formula is C14H24NO4P. The van der Waals surface area contributed by atoms with Crippen molar-refractivity contribution < 1.29 is 18.1 Å². The largest absolute Gasteiger partial charge is 0.476 e. The molecule has 0 spiro atoms. The zero-order valence-corrected chi connectivity index (χ0v) is 13.9. The Morgan fingerprint density at radius 1 is 1.10 bits per heavy atom. The Hall–Kier alpha value is -0.740. The molecule has 114 valence electrons. The average Bonchev–Trinajstić information content (AvgIpc) is 2.23. The third-order valence-electron chi connectivity index (χ3n) is 1.88. The third kappa shape index (κ3) is 7.15. The number of rotatable bonds is 5. The summed E-state index contributed by atoms with van der Waals surface area (Å²) in [5.41, 5.74) is -0.450. The van der Waals surface area contributed by atoms with E-state index in [1.165, 1.54) is 0 Å². The van der Waals surface area contributed by atoms with Gasteiger partial charge in [-0.25, -0.2) is 4.57 Å². The smallest absolute Gasteiger partial charge is 0.282 e. The second-order valence-electron chi connectivity index (χ2n) is 6.49. The van der Waals surface area contributed by atoms with Crippen molar-refractivity contribution in [3.63, 3.8) is 0 Å². The monoisotopic (exact) mass is 301 g/mol. The number of phosphoric ester groups is 1. The predicted molar refractivity (Wildman–Crippen MR) is 78.3 cm³/mol. The van der Waals surface area contributed by atoms with Crippen molar-refractivity contribution in [3.8, 4) is 0 Å². The summed E-state index contributed by atoms with van der Waals surface area (Å²) in [5, 5.41) is 0. The fourth-order valence-corrected chi connectivity index (χ4v) is 3.17. The normalized spacial score (nSPS) is 13.5. The molecule has 0 atom stereocenters. The number of aromatic nitrogens is 1. The lowest BCUT2D eigenvalue weighted by molar-refractivity contribution is 0.000834. The number of hydrogen-bond donors (Lipinski definition) is 0. The summed E-state index contributed by atoms with van der Waals surface area (Å²) in [5.74, 6) is 0. The van der Waals surface area contributed by atoms with Crippen LogP contribution in [0.25, 0.3) is 0 Å². The highest BCUT2D eigenvalue weighted by atomic mass is 31.2. The van der Waals surface area contributed by atoms with Gasteiger partial charge in [-0.15, -0.1) is 0 Å². The van der Waals surface area contributed by atoms with Gasteiger partial charge in [0.05, 0.1) is 17.8 Å². The van der Waals surface area contributed by atoms with Crippen LogP contribution in [0.3, 0.4) is 0 Å². The summed E-state index contributed by atoms with van der Waals surface area (Å²) in [6, 6.07) is 3.63. The molecule has 20 heavy (non-hydrogen) atoms. The van der Waals surface area contributed by atoms with Crippen molar-refractivity contribution in [1.29, 1.82) is 0 Å². The maximum absolute atomic E-state index is 12.7. The van der Waals surface area contributed by atoms with Crippen molar-refractivity contribution in [2.24, 2.45) is 0 Å². The van der Waals surface area contributed by atoms with Crippen LogP contribution < -0.4 is 0 Å². The lowest BCUT2D eigenvalue weighted by Crippen LogP contribution is -2.24. The molecule has 1 rings (SSSR count). The Morgan fingerprint density at radius 3 is 2.05 bits per heavy atom. The minimum Gasteiger partial charge on any atom is -0.282 e. The lowest BCUT2D eigenvalue weighted by Gasteiger charge is -2.30. The van der Waals surface area contributed by atoms with E-state index in [1.54, 1.807) is 60.0 Å². The van der Waals surface area contributed by atoms with Gasteiger partial charge in [-0.3, -0.25) is 18.6 Å². The Morgan fingerprint density at radius 2 is 1.65 bits per heavy atom. The van der Waals surface area contributed by atoms with Crippen LogP contribution in [0.15, 0.2) is 24.5 Å². The molecule has 0 saturated carbocycles. The predicted octanol–water partition coefficient (Wildman–Crippen LogP) is 4.34. The molecule has 1 aromatic rings. The molecule has 0 bridgehead atoms. The quantitative estimate of drug-likeness (QED) is 0.757. The fourth-order valence-electron chi connectivity index (χ4n) is 1.38. The van der Waals surface area contributed by atoms with Gasteiger partial charge in [-0.05, 0) is 53.2 Å². The Labute approximate surface area is 121 Å². The van der Waals surface area contributed by atoms with Gasteiger partial charge in [0.15, 0.2) is 0 Å². The summed E-state index contributed by atoms with van der Waals surface area (Å²) in [7, 11) is -3.66. The highest BCUT2D eigenvalue weighted by Gasteiger charge is 2.37. The second-order valence-corrected chi connectivity index (χ2v) is 8.01. The number of pyridine rings is 1. The molecule has 6 heteroatoms. The molecule has 0 fully saturated rings. The Kier molecular flexibility index (Phi) is 5.50. The standard InChI is InChI=1S/C14H24NO4P/c1-13(2,3)18-20(16,19-14(4,5)6)17-11-12-8-7-9-15-10-12/h7-10H,11H2,1-6H3. The number of phosphoric acid groups is 1. The van der Waals surface area contributed by atoms with Crippen LogP contribution in [0.1, 0.15) is 47.1 Å². The summed E-state index contributed by atoms with van der Waals surface area (Å²) in [4.78, 5) is 3.98. The minimum atomic E-state index is -3.66. The lowest BCUT2D eigenvalue weighted by atomic mass is 10.2. The second kappa shape index (κ2) is 6.35. The zero-order valence-electron chi connectivity index (χ0n) is 13.0. The van der Waals surface area contributed by atoms with Gasteiger partial charge >= 0.3 is 7.82 Å². The maximum atomic E-state index is 12.7. The van der Waals surface area contributed by atoms with Crippen LogP contribution in [0, 0.1) is 0 Å². The summed E-state index contributed by atoms with van der Waals surface area (Å²) < 4.78 is 29.2. The number of nitrogens with zero attached hydrogens (tertiary/aromatic N) is 1. The highest BCUT2D eigenvalue weighted by molar-refractivity contribution is 7.48. The van der Waals surface area contributed by atoms with E-state index in [0.717, 1.165) is 5.56 Å². The van der Waals surface area contributed by atoms with E-state index >= 15 is 0 Å². The van der Waals surface area contributed by atoms with Gasteiger partial charge < -0.3 is 0 Å².